The molecular weight excluding hydrogens is 180 g/mol. The molecule has 1 aromatic carbocycles. The minimum atomic E-state index is -0.996. The molecule has 0 radical (unpaired) electrons. The SMILES string of the molecule is O=[N+]([O-])CCc1cccc(F)c1F. The normalized spacial score (nSPS) is 10.0. The molecule has 3 nitrogen and oxygen atoms in total. The first-order chi connectivity index (χ1) is 6.11. The molecular formula is C8H7F2NO2. The van der Waals surface area contributed by atoms with Gasteiger partial charge in [-0.15, -0.1) is 0 Å². The molecule has 0 aliphatic rings. The van der Waals surface area contributed by atoms with E-state index in [0.717, 1.165) is 6.07 Å². The smallest absolute Gasteiger partial charge is 0.208 e. The summed E-state index contributed by atoms with van der Waals surface area (Å²) in [6.45, 7) is -0.389. The fraction of sp³-hybridized carbons (Fsp3) is 0.250. The van der Waals surface area contributed by atoms with E-state index in [1.807, 2.05) is 0 Å². The van der Waals surface area contributed by atoms with Crippen LogP contribution < -0.4 is 0 Å². The van der Waals surface area contributed by atoms with Crippen molar-refractivity contribution in [2.45, 2.75) is 6.42 Å². The summed E-state index contributed by atoms with van der Waals surface area (Å²) in [5.74, 6) is -1.97. The van der Waals surface area contributed by atoms with Gasteiger partial charge in [0, 0.05) is 11.3 Å². The third kappa shape index (κ3) is 2.47. The lowest BCUT2D eigenvalue weighted by Crippen LogP contribution is -2.06. The Morgan fingerprint density at radius 3 is 2.69 bits per heavy atom. The maximum absolute atomic E-state index is 12.9. The molecule has 13 heavy (non-hydrogen) atoms. The maximum atomic E-state index is 12.9. The van der Waals surface area contributed by atoms with Gasteiger partial charge in [-0.3, -0.25) is 10.1 Å². The first kappa shape index (κ1) is 9.57. The van der Waals surface area contributed by atoms with E-state index < -0.39 is 16.6 Å². The van der Waals surface area contributed by atoms with Gasteiger partial charge in [-0.2, -0.15) is 0 Å². The van der Waals surface area contributed by atoms with Gasteiger partial charge in [-0.1, -0.05) is 12.1 Å². The molecule has 0 aromatic heterocycles. The number of hydrogen-bond acceptors (Lipinski definition) is 2. The first-order valence-corrected chi connectivity index (χ1v) is 3.66. The number of rotatable bonds is 3. The Morgan fingerprint density at radius 1 is 1.38 bits per heavy atom. The molecule has 0 bridgehead atoms. The number of nitro groups is 1. The van der Waals surface area contributed by atoms with Crippen LogP contribution in [0.5, 0.6) is 0 Å². The zero-order valence-corrected chi connectivity index (χ0v) is 6.67. The second kappa shape index (κ2) is 3.93. The maximum Gasteiger partial charge on any atom is 0.208 e. The molecule has 70 valence electrons. The van der Waals surface area contributed by atoms with Crippen molar-refractivity contribution in [2.75, 3.05) is 6.54 Å². The number of nitrogens with zero attached hydrogens (tertiary/aromatic N) is 1. The van der Waals surface area contributed by atoms with Crippen LogP contribution in [0.3, 0.4) is 0 Å². The van der Waals surface area contributed by atoms with Crippen molar-refractivity contribution in [1.82, 2.24) is 0 Å². The van der Waals surface area contributed by atoms with E-state index in [9.17, 15) is 18.9 Å². The van der Waals surface area contributed by atoms with Gasteiger partial charge in [0.05, 0.1) is 0 Å². The lowest BCUT2D eigenvalue weighted by Gasteiger charge is -1.99. The standard InChI is InChI=1S/C8H7F2NO2/c9-7-3-1-2-6(8(7)10)4-5-11(12)13/h1-3H,4-5H2. The summed E-state index contributed by atoms with van der Waals surface area (Å²) >= 11 is 0. The molecule has 0 N–H and O–H groups in total. The molecule has 0 fully saturated rings. The van der Waals surface area contributed by atoms with Crippen LogP contribution in [0.4, 0.5) is 8.78 Å². The molecule has 0 unspecified atom stereocenters. The predicted octanol–water partition coefficient (Wildman–Crippen LogP) is 1.78. The fourth-order valence-corrected chi connectivity index (χ4v) is 0.953. The first-order valence-electron chi connectivity index (χ1n) is 3.66. The van der Waals surface area contributed by atoms with Crippen molar-refractivity contribution in [1.29, 1.82) is 0 Å². The third-order valence-corrected chi connectivity index (χ3v) is 1.60. The molecule has 1 rings (SSSR count). The van der Waals surface area contributed by atoms with Crippen LogP contribution in [-0.4, -0.2) is 11.5 Å². The molecule has 0 atom stereocenters. The highest BCUT2D eigenvalue weighted by Gasteiger charge is 2.09. The molecule has 5 heteroatoms. The highest BCUT2D eigenvalue weighted by atomic mass is 19.2. The second-order valence-corrected chi connectivity index (χ2v) is 2.52. The molecule has 0 amide bonds. The molecule has 0 heterocycles. The van der Waals surface area contributed by atoms with Gasteiger partial charge in [0.15, 0.2) is 11.6 Å². The van der Waals surface area contributed by atoms with Crippen LogP contribution in [0.15, 0.2) is 18.2 Å². The summed E-state index contributed by atoms with van der Waals surface area (Å²) < 4.78 is 25.4. The van der Waals surface area contributed by atoms with Gasteiger partial charge in [-0.25, -0.2) is 8.78 Å². The van der Waals surface area contributed by atoms with Crippen LogP contribution in [0.2, 0.25) is 0 Å². The number of hydrogen-bond donors (Lipinski definition) is 0. The Kier molecular flexibility index (Phi) is 2.89. The van der Waals surface area contributed by atoms with Crippen molar-refractivity contribution in [3.8, 4) is 0 Å². The monoisotopic (exact) mass is 187 g/mol. The Bertz CT molecular complexity index is 328. The largest absolute Gasteiger partial charge is 0.265 e. The van der Waals surface area contributed by atoms with Crippen molar-refractivity contribution >= 4 is 0 Å². The molecule has 0 spiro atoms. The van der Waals surface area contributed by atoms with E-state index in [2.05, 4.69) is 0 Å². The third-order valence-electron chi connectivity index (χ3n) is 1.60. The molecule has 0 saturated carbocycles. The predicted molar refractivity (Wildman–Crippen MR) is 41.9 cm³/mol. The molecule has 0 aliphatic carbocycles. The second-order valence-electron chi connectivity index (χ2n) is 2.52. The van der Waals surface area contributed by atoms with Gasteiger partial charge in [0.25, 0.3) is 0 Å². The Hall–Kier alpha value is -1.52. The van der Waals surface area contributed by atoms with Crippen molar-refractivity contribution in [3.63, 3.8) is 0 Å². The van der Waals surface area contributed by atoms with Gasteiger partial charge >= 0.3 is 0 Å². The average Bonchev–Trinajstić information content (AvgIpc) is 2.07. The fourth-order valence-electron chi connectivity index (χ4n) is 0.953. The van der Waals surface area contributed by atoms with Crippen LogP contribution in [0, 0.1) is 21.7 Å². The summed E-state index contributed by atoms with van der Waals surface area (Å²) in [5, 5.41) is 9.96. The Balaban J connectivity index is 2.77. The lowest BCUT2D eigenvalue weighted by atomic mass is 10.1. The zero-order valence-electron chi connectivity index (χ0n) is 6.67. The van der Waals surface area contributed by atoms with Crippen LogP contribution in [0.25, 0.3) is 0 Å². The van der Waals surface area contributed by atoms with E-state index in [1.54, 1.807) is 0 Å². The summed E-state index contributed by atoms with van der Waals surface area (Å²) in [6.07, 6.45) is -0.0867. The minimum absolute atomic E-state index is 0.0386. The highest BCUT2D eigenvalue weighted by molar-refractivity contribution is 5.18. The summed E-state index contributed by atoms with van der Waals surface area (Å²) in [4.78, 5) is 9.39. The zero-order chi connectivity index (χ0) is 9.84. The van der Waals surface area contributed by atoms with Gasteiger partial charge in [0.2, 0.25) is 6.54 Å². The van der Waals surface area contributed by atoms with E-state index in [0.29, 0.717) is 0 Å². The molecule has 1 aromatic rings. The van der Waals surface area contributed by atoms with E-state index >= 15 is 0 Å². The Morgan fingerprint density at radius 2 is 2.08 bits per heavy atom. The average molecular weight is 187 g/mol. The van der Waals surface area contributed by atoms with Crippen LogP contribution in [0.1, 0.15) is 5.56 Å². The van der Waals surface area contributed by atoms with Crippen LogP contribution in [-0.2, 0) is 6.42 Å². The van der Waals surface area contributed by atoms with Gasteiger partial charge < -0.3 is 0 Å². The van der Waals surface area contributed by atoms with Gasteiger partial charge in [-0.05, 0) is 11.6 Å². The lowest BCUT2D eigenvalue weighted by molar-refractivity contribution is -0.479. The Labute approximate surface area is 73.1 Å². The highest BCUT2D eigenvalue weighted by Crippen LogP contribution is 2.11. The van der Waals surface area contributed by atoms with E-state index in [-0.39, 0.29) is 18.5 Å². The van der Waals surface area contributed by atoms with Crippen molar-refractivity contribution in [2.24, 2.45) is 0 Å². The van der Waals surface area contributed by atoms with Gasteiger partial charge in [0.1, 0.15) is 0 Å². The van der Waals surface area contributed by atoms with Crippen molar-refractivity contribution < 1.29 is 13.7 Å². The molecule has 0 aliphatic heterocycles. The topological polar surface area (TPSA) is 43.1 Å². The minimum Gasteiger partial charge on any atom is -0.265 e. The van der Waals surface area contributed by atoms with Crippen LogP contribution >= 0.6 is 0 Å². The molecule has 0 saturated heterocycles. The summed E-state index contributed by atoms with van der Waals surface area (Å²) in [6, 6.07) is 3.64. The quantitative estimate of drug-likeness (QED) is 0.534. The number of halogens is 2. The van der Waals surface area contributed by atoms with Crippen molar-refractivity contribution in [3.05, 3.63) is 45.5 Å². The summed E-state index contributed by atoms with van der Waals surface area (Å²) in [7, 11) is 0. The number of benzene rings is 1. The van der Waals surface area contributed by atoms with E-state index in [4.69, 9.17) is 0 Å². The summed E-state index contributed by atoms with van der Waals surface area (Å²) in [5.41, 5.74) is 0.0386. The van der Waals surface area contributed by atoms with E-state index in [1.165, 1.54) is 12.1 Å².